The van der Waals surface area contributed by atoms with Crippen LogP contribution in [0.3, 0.4) is 0 Å². The maximum atomic E-state index is 11.2. The Morgan fingerprint density at radius 3 is 2.62 bits per heavy atom. The van der Waals surface area contributed by atoms with E-state index in [1.54, 1.807) is 18.2 Å². The first-order chi connectivity index (χ1) is 9.90. The van der Waals surface area contributed by atoms with Gasteiger partial charge in [0.1, 0.15) is 12.4 Å². The number of hydrogen-bond acceptors (Lipinski definition) is 3. The van der Waals surface area contributed by atoms with Gasteiger partial charge >= 0.3 is 5.97 Å². The molecule has 0 atom stereocenters. The molecule has 1 aromatic carbocycles. The second kappa shape index (κ2) is 6.86. The van der Waals surface area contributed by atoms with Gasteiger partial charge in [0.05, 0.1) is 10.4 Å². The molecule has 1 saturated heterocycles. The lowest BCUT2D eigenvalue weighted by molar-refractivity contribution is -0.150. The number of nitrogens with zero attached hydrogens (tertiary/aromatic N) is 1. The van der Waals surface area contributed by atoms with Crippen molar-refractivity contribution in [1.82, 2.24) is 4.90 Å². The van der Waals surface area contributed by atoms with Crippen molar-refractivity contribution in [3.8, 4) is 5.75 Å². The maximum absolute atomic E-state index is 11.2. The van der Waals surface area contributed by atoms with Crippen LogP contribution in [-0.4, -0.2) is 42.2 Å². The third-order valence-corrected chi connectivity index (χ3v) is 4.57. The van der Waals surface area contributed by atoms with Crippen LogP contribution in [0.4, 0.5) is 0 Å². The summed E-state index contributed by atoms with van der Waals surface area (Å²) in [5.74, 6) is -0.0835. The molecular weight excluding hydrogens is 313 g/mol. The van der Waals surface area contributed by atoms with E-state index in [1.165, 1.54) is 0 Å². The number of hydrogen-bond donors (Lipinski definition) is 1. The number of ether oxygens (including phenoxy) is 1. The van der Waals surface area contributed by atoms with Gasteiger partial charge in [-0.05, 0) is 51.1 Å². The van der Waals surface area contributed by atoms with Crippen molar-refractivity contribution >= 4 is 29.2 Å². The predicted octanol–water partition coefficient (Wildman–Crippen LogP) is 3.56. The molecule has 6 heteroatoms. The van der Waals surface area contributed by atoms with Crippen molar-refractivity contribution in [3.05, 3.63) is 28.2 Å². The van der Waals surface area contributed by atoms with Gasteiger partial charge in [-0.2, -0.15) is 0 Å². The highest BCUT2D eigenvalue weighted by Crippen LogP contribution is 2.31. The van der Waals surface area contributed by atoms with Gasteiger partial charge in [0.25, 0.3) is 0 Å². The van der Waals surface area contributed by atoms with Crippen LogP contribution in [0.1, 0.15) is 19.8 Å². The van der Waals surface area contributed by atoms with Gasteiger partial charge in [-0.3, -0.25) is 9.69 Å². The fourth-order valence-electron chi connectivity index (χ4n) is 2.36. The van der Waals surface area contributed by atoms with Gasteiger partial charge in [-0.15, -0.1) is 0 Å². The van der Waals surface area contributed by atoms with Gasteiger partial charge in [-0.1, -0.05) is 23.2 Å². The minimum atomic E-state index is -0.702. The van der Waals surface area contributed by atoms with Gasteiger partial charge in [-0.25, -0.2) is 0 Å². The molecule has 0 radical (unpaired) electrons. The molecule has 1 aliphatic heterocycles. The molecule has 1 aromatic rings. The normalized spacial score (nSPS) is 18.4. The van der Waals surface area contributed by atoms with Crippen LogP contribution >= 0.6 is 23.2 Å². The van der Waals surface area contributed by atoms with E-state index in [4.69, 9.17) is 27.9 Å². The van der Waals surface area contributed by atoms with Crippen LogP contribution in [0, 0.1) is 5.41 Å². The molecule has 1 fully saturated rings. The van der Waals surface area contributed by atoms with E-state index < -0.39 is 11.4 Å². The number of carbonyl (C=O) groups is 1. The molecule has 1 N–H and O–H groups in total. The quantitative estimate of drug-likeness (QED) is 0.896. The third kappa shape index (κ3) is 4.25. The van der Waals surface area contributed by atoms with Crippen molar-refractivity contribution in [1.29, 1.82) is 0 Å². The van der Waals surface area contributed by atoms with Crippen LogP contribution < -0.4 is 4.74 Å². The lowest BCUT2D eigenvalue weighted by Gasteiger charge is -2.36. The zero-order chi connectivity index (χ0) is 15.5. The molecule has 0 bridgehead atoms. The van der Waals surface area contributed by atoms with E-state index in [2.05, 4.69) is 4.90 Å². The minimum Gasteiger partial charge on any atom is -0.491 e. The Morgan fingerprint density at radius 1 is 1.38 bits per heavy atom. The Kier molecular flexibility index (Phi) is 5.36. The molecular formula is C15H19Cl2NO3. The highest BCUT2D eigenvalue weighted by Gasteiger charge is 2.36. The fraction of sp³-hybridized carbons (Fsp3) is 0.533. The largest absolute Gasteiger partial charge is 0.491 e. The number of halogens is 2. The van der Waals surface area contributed by atoms with Crippen LogP contribution in [0.2, 0.25) is 10.0 Å². The molecule has 116 valence electrons. The van der Waals surface area contributed by atoms with Gasteiger partial charge in [0, 0.05) is 11.6 Å². The second-order valence-corrected chi connectivity index (χ2v) is 6.47. The molecule has 0 amide bonds. The fourth-order valence-corrected chi connectivity index (χ4v) is 2.82. The number of carboxylic acid groups (broad SMARTS) is 1. The summed E-state index contributed by atoms with van der Waals surface area (Å²) in [7, 11) is 0. The summed E-state index contributed by atoms with van der Waals surface area (Å²) >= 11 is 11.9. The lowest BCUT2D eigenvalue weighted by Crippen LogP contribution is -2.43. The predicted molar refractivity (Wildman–Crippen MR) is 83.4 cm³/mol. The zero-order valence-electron chi connectivity index (χ0n) is 11.9. The summed E-state index contributed by atoms with van der Waals surface area (Å²) in [5.41, 5.74) is -0.586. The second-order valence-electron chi connectivity index (χ2n) is 5.63. The van der Waals surface area contributed by atoms with E-state index in [9.17, 15) is 9.90 Å². The summed E-state index contributed by atoms with van der Waals surface area (Å²) in [6, 6.07) is 5.14. The average molecular weight is 332 g/mol. The molecule has 0 unspecified atom stereocenters. The van der Waals surface area contributed by atoms with E-state index >= 15 is 0 Å². The number of carboxylic acids is 1. The lowest BCUT2D eigenvalue weighted by atomic mass is 9.80. The van der Waals surface area contributed by atoms with Crippen molar-refractivity contribution in [3.63, 3.8) is 0 Å². The summed E-state index contributed by atoms with van der Waals surface area (Å²) in [6.07, 6.45) is 1.34. The van der Waals surface area contributed by atoms with E-state index in [-0.39, 0.29) is 0 Å². The molecule has 0 saturated carbocycles. The monoisotopic (exact) mass is 331 g/mol. The van der Waals surface area contributed by atoms with Crippen molar-refractivity contribution in [2.75, 3.05) is 26.2 Å². The standard InChI is InChI=1S/C15H19Cl2NO3/c1-15(14(19)20)4-6-18(7-5-15)8-9-21-13-3-2-11(16)10-12(13)17/h2-3,10H,4-9H2,1H3,(H,19,20). The van der Waals surface area contributed by atoms with Crippen LogP contribution in [-0.2, 0) is 4.79 Å². The first kappa shape index (κ1) is 16.4. The van der Waals surface area contributed by atoms with Gasteiger partial charge < -0.3 is 9.84 Å². The maximum Gasteiger partial charge on any atom is 0.309 e. The Balaban J connectivity index is 1.76. The Labute approximate surface area is 134 Å². The van der Waals surface area contributed by atoms with Crippen LogP contribution in [0.5, 0.6) is 5.75 Å². The van der Waals surface area contributed by atoms with E-state index in [1.807, 2.05) is 6.92 Å². The van der Waals surface area contributed by atoms with E-state index in [0.717, 1.165) is 19.6 Å². The number of rotatable bonds is 5. The Morgan fingerprint density at radius 2 is 2.05 bits per heavy atom. The van der Waals surface area contributed by atoms with Gasteiger partial charge in [0.15, 0.2) is 0 Å². The summed E-state index contributed by atoms with van der Waals surface area (Å²) in [6.45, 7) is 4.65. The molecule has 2 rings (SSSR count). The Bertz CT molecular complexity index is 514. The van der Waals surface area contributed by atoms with Gasteiger partial charge in [0.2, 0.25) is 0 Å². The van der Waals surface area contributed by atoms with Crippen molar-refractivity contribution in [2.24, 2.45) is 5.41 Å². The zero-order valence-corrected chi connectivity index (χ0v) is 13.5. The summed E-state index contributed by atoms with van der Waals surface area (Å²) in [5, 5.41) is 10.3. The first-order valence-corrected chi connectivity index (χ1v) is 7.70. The number of piperidine rings is 1. The summed E-state index contributed by atoms with van der Waals surface area (Å²) < 4.78 is 5.65. The topological polar surface area (TPSA) is 49.8 Å². The van der Waals surface area contributed by atoms with Crippen LogP contribution in [0.25, 0.3) is 0 Å². The number of aliphatic carboxylic acids is 1. The molecule has 21 heavy (non-hydrogen) atoms. The number of benzene rings is 1. The van der Waals surface area contributed by atoms with E-state index in [0.29, 0.717) is 35.2 Å². The third-order valence-electron chi connectivity index (χ3n) is 4.03. The molecule has 1 heterocycles. The Hall–Kier alpha value is -0.970. The highest BCUT2D eigenvalue weighted by molar-refractivity contribution is 6.35. The average Bonchev–Trinajstić information content (AvgIpc) is 2.43. The molecule has 0 aliphatic carbocycles. The SMILES string of the molecule is CC1(C(=O)O)CCN(CCOc2ccc(Cl)cc2Cl)CC1. The van der Waals surface area contributed by atoms with Crippen molar-refractivity contribution < 1.29 is 14.6 Å². The number of likely N-dealkylation sites (tertiary alicyclic amines) is 1. The molecule has 4 nitrogen and oxygen atoms in total. The molecule has 1 aliphatic rings. The first-order valence-electron chi connectivity index (χ1n) is 6.94. The van der Waals surface area contributed by atoms with Crippen LogP contribution in [0.15, 0.2) is 18.2 Å². The summed E-state index contributed by atoms with van der Waals surface area (Å²) in [4.78, 5) is 13.4. The highest BCUT2D eigenvalue weighted by atomic mass is 35.5. The molecule has 0 aromatic heterocycles. The smallest absolute Gasteiger partial charge is 0.309 e. The van der Waals surface area contributed by atoms with Crippen molar-refractivity contribution in [2.45, 2.75) is 19.8 Å². The minimum absolute atomic E-state index is 0.500. The molecule has 0 spiro atoms.